The summed E-state index contributed by atoms with van der Waals surface area (Å²) in [4.78, 5) is 9.30. The van der Waals surface area contributed by atoms with Crippen molar-refractivity contribution in [1.29, 1.82) is 0 Å². The molecule has 2 heterocycles. The van der Waals surface area contributed by atoms with Crippen molar-refractivity contribution < 1.29 is 4.52 Å². The molecule has 6 nitrogen and oxygen atoms in total. The predicted octanol–water partition coefficient (Wildman–Crippen LogP) is 0.586. The van der Waals surface area contributed by atoms with Gasteiger partial charge in [-0.3, -0.25) is 0 Å². The minimum Gasteiger partial charge on any atom is -0.337 e. The molecule has 1 saturated carbocycles. The van der Waals surface area contributed by atoms with Crippen LogP contribution in [-0.4, -0.2) is 59.7 Å². The Labute approximate surface area is 120 Å². The molecule has 0 radical (unpaired) electrons. The Bertz CT molecular complexity index is 454. The predicted molar refractivity (Wildman–Crippen MR) is 76.3 cm³/mol. The van der Waals surface area contributed by atoms with E-state index in [4.69, 9.17) is 10.3 Å². The van der Waals surface area contributed by atoms with Gasteiger partial charge in [-0.2, -0.15) is 4.98 Å². The van der Waals surface area contributed by atoms with Gasteiger partial charge < -0.3 is 20.1 Å². The maximum absolute atomic E-state index is 6.36. The lowest BCUT2D eigenvalue weighted by Crippen LogP contribution is -2.50. The second-order valence-electron chi connectivity index (χ2n) is 6.48. The zero-order valence-electron chi connectivity index (χ0n) is 12.5. The van der Waals surface area contributed by atoms with Crippen molar-refractivity contribution in [3.05, 3.63) is 11.7 Å². The van der Waals surface area contributed by atoms with E-state index in [0.29, 0.717) is 11.9 Å². The molecular formula is C14H25N5O. The molecule has 20 heavy (non-hydrogen) atoms. The van der Waals surface area contributed by atoms with E-state index in [1.54, 1.807) is 0 Å². The number of hydrogen-bond donors (Lipinski definition) is 1. The van der Waals surface area contributed by atoms with E-state index in [9.17, 15) is 0 Å². The van der Waals surface area contributed by atoms with Crippen molar-refractivity contribution in [3.63, 3.8) is 0 Å². The largest absolute Gasteiger partial charge is 0.337 e. The Hall–Kier alpha value is -0.980. The van der Waals surface area contributed by atoms with Crippen LogP contribution in [0.25, 0.3) is 0 Å². The van der Waals surface area contributed by atoms with Gasteiger partial charge in [-0.25, -0.2) is 0 Å². The first kappa shape index (κ1) is 14.0. The second-order valence-corrected chi connectivity index (χ2v) is 6.48. The number of hydrogen-bond acceptors (Lipinski definition) is 6. The lowest BCUT2D eigenvalue weighted by atomic mass is 9.99. The van der Waals surface area contributed by atoms with Crippen LogP contribution in [0.3, 0.4) is 0 Å². The molecule has 1 aromatic heterocycles. The fourth-order valence-corrected chi connectivity index (χ4v) is 3.29. The van der Waals surface area contributed by atoms with Gasteiger partial charge in [-0.05, 0) is 26.9 Å². The highest BCUT2D eigenvalue weighted by atomic mass is 16.5. The summed E-state index contributed by atoms with van der Waals surface area (Å²) < 4.78 is 5.44. The van der Waals surface area contributed by atoms with Crippen molar-refractivity contribution in [2.24, 2.45) is 5.73 Å². The van der Waals surface area contributed by atoms with Crippen molar-refractivity contribution in [2.75, 3.05) is 33.7 Å². The van der Waals surface area contributed by atoms with Gasteiger partial charge in [-0.1, -0.05) is 18.0 Å². The Morgan fingerprint density at radius 1 is 1.30 bits per heavy atom. The first-order chi connectivity index (χ1) is 9.57. The van der Waals surface area contributed by atoms with E-state index in [2.05, 4.69) is 34.0 Å². The van der Waals surface area contributed by atoms with Crippen LogP contribution in [0.4, 0.5) is 0 Å². The quantitative estimate of drug-likeness (QED) is 0.873. The smallest absolute Gasteiger partial charge is 0.246 e. The van der Waals surface area contributed by atoms with Gasteiger partial charge in [0.25, 0.3) is 0 Å². The minimum atomic E-state index is -0.374. The monoisotopic (exact) mass is 279 g/mol. The Kier molecular flexibility index (Phi) is 3.79. The molecule has 3 rings (SSSR count). The van der Waals surface area contributed by atoms with E-state index >= 15 is 0 Å². The molecule has 1 unspecified atom stereocenters. The SMILES string of the molecule is CN1CCN(C)C(Cc2noc(C3(N)CCCC3)n2)C1. The summed E-state index contributed by atoms with van der Waals surface area (Å²) in [7, 11) is 4.33. The molecule has 1 aliphatic carbocycles. The average Bonchev–Trinajstić information content (AvgIpc) is 3.04. The van der Waals surface area contributed by atoms with Gasteiger partial charge in [0.2, 0.25) is 5.89 Å². The zero-order valence-corrected chi connectivity index (χ0v) is 12.5. The van der Waals surface area contributed by atoms with Gasteiger partial charge >= 0.3 is 0 Å². The topological polar surface area (TPSA) is 71.4 Å². The maximum atomic E-state index is 6.36. The molecule has 112 valence electrons. The van der Waals surface area contributed by atoms with Crippen LogP contribution >= 0.6 is 0 Å². The van der Waals surface area contributed by atoms with Crippen LogP contribution in [0, 0.1) is 0 Å². The second kappa shape index (κ2) is 5.42. The third kappa shape index (κ3) is 2.73. The normalized spacial score (nSPS) is 28.1. The molecule has 2 N–H and O–H groups in total. The van der Waals surface area contributed by atoms with Crippen molar-refractivity contribution in [2.45, 2.75) is 43.7 Å². The van der Waals surface area contributed by atoms with E-state index in [1.165, 1.54) is 0 Å². The van der Waals surface area contributed by atoms with E-state index in [0.717, 1.165) is 57.6 Å². The molecule has 1 aromatic rings. The Balaban J connectivity index is 1.67. The summed E-state index contributed by atoms with van der Waals surface area (Å²) in [6.07, 6.45) is 5.07. The first-order valence-corrected chi connectivity index (χ1v) is 7.57. The number of nitrogens with two attached hydrogens (primary N) is 1. The van der Waals surface area contributed by atoms with E-state index in [-0.39, 0.29) is 5.54 Å². The third-order valence-electron chi connectivity index (χ3n) is 4.79. The number of piperazine rings is 1. The Morgan fingerprint density at radius 2 is 2.05 bits per heavy atom. The van der Waals surface area contributed by atoms with Crippen LogP contribution in [-0.2, 0) is 12.0 Å². The standard InChI is InChI=1S/C14H25N5O/c1-18-7-8-19(2)11(10-18)9-12-16-13(20-17-12)14(15)5-3-4-6-14/h11H,3-10,15H2,1-2H3. The molecule has 0 amide bonds. The minimum absolute atomic E-state index is 0.374. The molecular weight excluding hydrogens is 254 g/mol. The van der Waals surface area contributed by atoms with Gasteiger partial charge in [0.15, 0.2) is 5.82 Å². The fraction of sp³-hybridized carbons (Fsp3) is 0.857. The van der Waals surface area contributed by atoms with Gasteiger partial charge in [-0.15, -0.1) is 0 Å². The lowest BCUT2D eigenvalue weighted by Gasteiger charge is -2.37. The zero-order chi connectivity index (χ0) is 14.2. The van der Waals surface area contributed by atoms with Crippen molar-refractivity contribution in [1.82, 2.24) is 19.9 Å². The van der Waals surface area contributed by atoms with Crippen LogP contribution in [0.15, 0.2) is 4.52 Å². The van der Waals surface area contributed by atoms with Crippen LogP contribution in [0.1, 0.15) is 37.4 Å². The molecule has 2 fully saturated rings. The number of rotatable bonds is 3. The van der Waals surface area contributed by atoms with Crippen LogP contribution in [0.5, 0.6) is 0 Å². The molecule has 0 spiro atoms. The van der Waals surface area contributed by atoms with Crippen molar-refractivity contribution in [3.8, 4) is 0 Å². The maximum Gasteiger partial charge on any atom is 0.246 e. The average molecular weight is 279 g/mol. The summed E-state index contributed by atoms with van der Waals surface area (Å²) in [6.45, 7) is 3.26. The highest BCUT2D eigenvalue weighted by molar-refractivity contribution is 5.05. The molecule has 0 bridgehead atoms. The number of likely N-dealkylation sites (N-methyl/N-ethyl adjacent to an activating group) is 2. The van der Waals surface area contributed by atoms with Gasteiger partial charge in [0, 0.05) is 32.1 Å². The van der Waals surface area contributed by atoms with E-state index < -0.39 is 0 Å². The van der Waals surface area contributed by atoms with Crippen LogP contribution in [0.2, 0.25) is 0 Å². The molecule has 1 aliphatic heterocycles. The first-order valence-electron chi connectivity index (χ1n) is 7.57. The van der Waals surface area contributed by atoms with Crippen molar-refractivity contribution >= 4 is 0 Å². The summed E-state index contributed by atoms with van der Waals surface area (Å²) >= 11 is 0. The molecule has 6 heteroatoms. The van der Waals surface area contributed by atoms with E-state index in [1.807, 2.05) is 0 Å². The fourth-order valence-electron chi connectivity index (χ4n) is 3.29. The lowest BCUT2D eigenvalue weighted by molar-refractivity contribution is 0.113. The van der Waals surface area contributed by atoms with Crippen LogP contribution < -0.4 is 5.73 Å². The summed E-state index contributed by atoms with van der Waals surface area (Å²) in [5, 5.41) is 4.15. The molecule has 1 saturated heterocycles. The molecule has 1 atom stereocenters. The Morgan fingerprint density at radius 3 is 2.80 bits per heavy atom. The highest BCUT2D eigenvalue weighted by Crippen LogP contribution is 2.35. The van der Waals surface area contributed by atoms with Gasteiger partial charge in [0.05, 0.1) is 5.54 Å². The highest BCUT2D eigenvalue weighted by Gasteiger charge is 2.37. The number of aromatic nitrogens is 2. The molecule has 2 aliphatic rings. The summed E-state index contributed by atoms with van der Waals surface area (Å²) in [6, 6.07) is 0.455. The third-order valence-corrected chi connectivity index (χ3v) is 4.79. The summed E-state index contributed by atoms with van der Waals surface area (Å²) in [5.74, 6) is 1.43. The van der Waals surface area contributed by atoms with Gasteiger partial charge in [0.1, 0.15) is 0 Å². The summed E-state index contributed by atoms with van der Waals surface area (Å²) in [5.41, 5.74) is 5.99. The molecule has 0 aromatic carbocycles. The number of nitrogens with zero attached hydrogens (tertiary/aromatic N) is 4.